The van der Waals surface area contributed by atoms with Crippen molar-refractivity contribution in [3.8, 4) is 0 Å². The summed E-state index contributed by atoms with van der Waals surface area (Å²) in [5.74, 6) is -1.20. The number of carboxylic acid groups (broad SMARTS) is 1. The Bertz CT molecular complexity index is 219. The number of carbonyl (C=O) groups excluding carboxylic acids is 1. The molecule has 0 saturated heterocycles. The summed E-state index contributed by atoms with van der Waals surface area (Å²) in [6.45, 7) is 3.12. The maximum atomic E-state index is 10.9. The van der Waals surface area contributed by atoms with E-state index in [0.717, 1.165) is 0 Å². The predicted octanol–water partition coefficient (Wildman–Crippen LogP) is 0.511. The summed E-state index contributed by atoms with van der Waals surface area (Å²) in [6.07, 6.45) is 2.44. The molecule has 0 spiro atoms. The first-order chi connectivity index (χ1) is 7.34. The Morgan fingerprint density at radius 2 is 1.62 bits per heavy atom. The topological polar surface area (TPSA) is 106 Å². The summed E-state index contributed by atoms with van der Waals surface area (Å²) in [5.41, 5.74) is 11.4. The van der Waals surface area contributed by atoms with Gasteiger partial charge in [0.15, 0.2) is 0 Å². The number of nitrogens with two attached hydrogens (primary N) is 2. The largest absolute Gasteiger partial charge is 0.481 e. The molecule has 0 aromatic heterocycles. The van der Waals surface area contributed by atoms with E-state index in [1.807, 2.05) is 0 Å². The first-order valence-electron chi connectivity index (χ1n) is 5.59. The van der Waals surface area contributed by atoms with Crippen molar-refractivity contribution < 1.29 is 14.7 Å². The maximum Gasteiger partial charge on any atom is 0.306 e. The normalized spacial score (nSPS) is 16.5. The van der Waals surface area contributed by atoms with E-state index in [9.17, 15) is 9.59 Å². The van der Waals surface area contributed by atoms with Crippen molar-refractivity contribution >= 4 is 11.8 Å². The lowest BCUT2D eigenvalue weighted by atomic mass is 9.97. The number of Topliss-reactive ketones (excluding diaryl/α,β-unsaturated/α-hetero) is 1. The van der Waals surface area contributed by atoms with E-state index in [4.69, 9.17) is 16.6 Å². The highest BCUT2D eigenvalue weighted by atomic mass is 16.4. The van der Waals surface area contributed by atoms with Gasteiger partial charge in [0.2, 0.25) is 0 Å². The van der Waals surface area contributed by atoms with Crippen molar-refractivity contribution in [3.63, 3.8) is 0 Å². The third-order valence-electron chi connectivity index (χ3n) is 2.76. The summed E-state index contributed by atoms with van der Waals surface area (Å²) >= 11 is 0. The average Bonchev–Trinajstić information content (AvgIpc) is 2.21. The Morgan fingerprint density at radius 3 is 2.06 bits per heavy atom. The van der Waals surface area contributed by atoms with Crippen molar-refractivity contribution in [2.45, 2.75) is 51.6 Å². The standard InChI is InChI=1S/C11H22N2O3/c1-7(11(15)16)3-4-9(12)5-6-10(13)8(2)14/h7,9-10H,3-6,12-13H2,1-2H3,(H,15,16)/t7-,9?,10-/m0/s1. The van der Waals surface area contributed by atoms with Gasteiger partial charge in [0.25, 0.3) is 0 Å². The molecule has 0 aliphatic heterocycles. The van der Waals surface area contributed by atoms with E-state index in [1.165, 1.54) is 6.92 Å². The first kappa shape index (κ1) is 15.1. The number of hydrogen-bond donors (Lipinski definition) is 3. The number of hydrogen-bond acceptors (Lipinski definition) is 4. The molecule has 94 valence electrons. The number of carboxylic acids is 1. The molecule has 16 heavy (non-hydrogen) atoms. The van der Waals surface area contributed by atoms with Crippen LogP contribution in [0.4, 0.5) is 0 Å². The minimum atomic E-state index is -0.798. The van der Waals surface area contributed by atoms with Crippen LogP contribution < -0.4 is 11.5 Å². The Hall–Kier alpha value is -0.940. The zero-order valence-corrected chi connectivity index (χ0v) is 9.98. The van der Waals surface area contributed by atoms with Crippen LogP contribution in [0.3, 0.4) is 0 Å². The molecule has 0 bridgehead atoms. The van der Waals surface area contributed by atoms with Gasteiger partial charge in [-0.1, -0.05) is 6.92 Å². The van der Waals surface area contributed by atoms with Crippen LogP contribution in [0.1, 0.15) is 39.5 Å². The van der Waals surface area contributed by atoms with Gasteiger partial charge < -0.3 is 16.6 Å². The molecule has 0 aromatic rings. The van der Waals surface area contributed by atoms with Crippen molar-refractivity contribution in [1.29, 1.82) is 0 Å². The molecule has 0 rings (SSSR count). The lowest BCUT2D eigenvalue weighted by molar-refractivity contribution is -0.141. The lowest BCUT2D eigenvalue weighted by Crippen LogP contribution is -2.31. The molecule has 0 radical (unpaired) electrons. The van der Waals surface area contributed by atoms with Crippen LogP contribution in [-0.4, -0.2) is 28.9 Å². The van der Waals surface area contributed by atoms with E-state index < -0.39 is 12.0 Å². The molecule has 5 heteroatoms. The Labute approximate surface area is 96.2 Å². The van der Waals surface area contributed by atoms with Gasteiger partial charge in [-0.05, 0) is 32.6 Å². The van der Waals surface area contributed by atoms with Crippen LogP contribution in [0.5, 0.6) is 0 Å². The maximum absolute atomic E-state index is 10.9. The highest BCUT2D eigenvalue weighted by molar-refractivity contribution is 5.81. The molecule has 0 amide bonds. The second-order valence-corrected chi connectivity index (χ2v) is 4.37. The molecule has 0 aliphatic rings. The SMILES string of the molecule is CC(=O)[C@@H](N)CCC(N)CC[C@H](C)C(=O)O. The zero-order chi connectivity index (χ0) is 12.7. The van der Waals surface area contributed by atoms with E-state index in [0.29, 0.717) is 25.7 Å². The van der Waals surface area contributed by atoms with Crippen molar-refractivity contribution in [3.05, 3.63) is 0 Å². The van der Waals surface area contributed by atoms with Gasteiger partial charge in [-0.2, -0.15) is 0 Å². The molecule has 0 saturated carbocycles. The number of aliphatic carboxylic acids is 1. The Balaban J connectivity index is 3.70. The minimum absolute atomic E-state index is 0.0360. The van der Waals surface area contributed by atoms with E-state index in [1.54, 1.807) is 6.92 Å². The fraction of sp³-hybridized carbons (Fsp3) is 0.818. The molecule has 5 nitrogen and oxygen atoms in total. The van der Waals surface area contributed by atoms with Gasteiger partial charge in [-0.15, -0.1) is 0 Å². The molecule has 1 unspecified atom stereocenters. The van der Waals surface area contributed by atoms with Crippen LogP contribution in [0.25, 0.3) is 0 Å². The molecule has 0 fully saturated rings. The van der Waals surface area contributed by atoms with Gasteiger partial charge in [-0.3, -0.25) is 9.59 Å². The van der Waals surface area contributed by atoms with E-state index >= 15 is 0 Å². The van der Waals surface area contributed by atoms with Crippen molar-refractivity contribution in [2.75, 3.05) is 0 Å². The summed E-state index contributed by atoms with van der Waals surface area (Å²) in [7, 11) is 0. The number of ketones is 1. The lowest BCUT2D eigenvalue weighted by Gasteiger charge is -2.15. The van der Waals surface area contributed by atoms with Crippen LogP contribution in [0.15, 0.2) is 0 Å². The smallest absolute Gasteiger partial charge is 0.306 e. The predicted molar refractivity (Wildman–Crippen MR) is 61.9 cm³/mol. The third-order valence-corrected chi connectivity index (χ3v) is 2.76. The summed E-state index contributed by atoms with van der Waals surface area (Å²) in [5, 5.41) is 8.68. The van der Waals surface area contributed by atoms with Gasteiger partial charge in [0.1, 0.15) is 5.78 Å². The molecular weight excluding hydrogens is 208 g/mol. The van der Waals surface area contributed by atoms with Gasteiger partial charge in [0, 0.05) is 6.04 Å². The second-order valence-electron chi connectivity index (χ2n) is 4.37. The summed E-state index contributed by atoms with van der Waals surface area (Å²) in [6, 6.07) is -0.518. The molecular formula is C11H22N2O3. The molecule has 0 heterocycles. The quantitative estimate of drug-likeness (QED) is 0.563. The highest BCUT2D eigenvalue weighted by Gasteiger charge is 2.14. The van der Waals surface area contributed by atoms with Gasteiger partial charge in [-0.25, -0.2) is 0 Å². The third kappa shape index (κ3) is 6.53. The highest BCUT2D eigenvalue weighted by Crippen LogP contribution is 2.10. The Morgan fingerprint density at radius 1 is 1.12 bits per heavy atom. The fourth-order valence-corrected chi connectivity index (χ4v) is 1.33. The fourth-order valence-electron chi connectivity index (χ4n) is 1.33. The van der Waals surface area contributed by atoms with E-state index in [2.05, 4.69) is 0 Å². The average molecular weight is 230 g/mol. The van der Waals surface area contributed by atoms with Gasteiger partial charge >= 0.3 is 5.97 Å². The van der Waals surface area contributed by atoms with Crippen LogP contribution in [0.2, 0.25) is 0 Å². The van der Waals surface area contributed by atoms with Crippen LogP contribution in [0, 0.1) is 5.92 Å². The summed E-state index contributed by atoms with van der Waals surface area (Å²) < 4.78 is 0. The van der Waals surface area contributed by atoms with Gasteiger partial charge in [0.05, 0.1) is 12.0 Å². The summed E-state index contributed by atoms with van der Waals surface area (Å²) in [4.78, 5) is 21.4. The second kappa shape index (κ2) is 7.35. The van der Waals surface area contributed by atoms with Crippen LogP contribution in [-0.2, 0) is 9.59 Å². The Kier molecular flexibility index (Phi) is 6.92. The monoisotopic (exact) mass is 230 g/mol. The van der Waals surface area contributed by atoms with E-state index in [-0.39, 0.29) is 17.7 Å². The van der Waals surface area contributed by atoms with Crippen LogP contribution >= 0.6 is 0 Å². The first-order valence-corrected chi connectivity index (χ1v) is 5.59. The van der Waals surface area contributed by atoms with Crippen molar-refractivity contribution in [1.82, 2.24) is 0 Å². The molecule has 5 N–H and O–H groups in total. The molecule has 3 atom stereocenters. The molecule has 0 aliphatic carbocycles. The molecule has 0 aromatic carbocycles. The number of carbonyl (C=O) groups is 2. The minimum Gasteiger partial charge on any atom is -0.481 e. The van der Waals surface area contributed by atoms with Crippen molar-refractivity contribution in [2.24, 2.45) is 17.4 Å². The zero-order valence-electron chi connectivity index (χ0n) is 9.98. The number of rotatable bonds is 8.